The lowest BCUT2D eigenvalue weighted by atomic mass is 10.0. The van der Waals surface area contributed by atoms with Gasteiger partial charge in [0, 0.05) is 25.3 Å². The number of rotatable bonds is 2. The minimum absolute atomic E-state index is 0.106. The molecular formula is C14H17F3N2. The maximum absolute atomic E-state index is 12.8. The Labute approximate surface area is 110 Å². The molecule has 0 atom stereocenters. The Hall–Kier alpha value is -1.49. The van der Waals surface area contributed by atoms with Crippen LogP contribution in [0.2, 0.25) is 0 Å². The first-order chi connectivity index (χ1) is 8.91. The van der Waals surface area contributed by atoms with Gasteiger partial charge in [-0.3, -0.25) is 0 Å². The fraction of sp³-hybridized carbons (Fsp3) is 0.429. The van der Waals surface area contributed by atoms with Gasteiger partial charge in [-0.1, -0.05) is 11.6 Å². The predicted octanol–water partition coefficient (Wildman–Crippen LogP) is 3.32. The van der Waals surface area contributed by atoms with Gasteiger partial charge in [0.2, 0.25) is 0 Å². The largest absolute Gasteiger partial charge is 0.416 e. The highest BCUT2D eigenvalue weighted by molar-refractivity contribution is 5.53. The van der Waals surface area contributed by atoms with Crippen LogP contribution in [-0.2, 0) is 12.7 Å². The van der Waals surface area contributed by atoms with E-state index in [9.17, 15) is 13.2 Å². The van der Waals surface area contributed by atoms with Crippen molar-refractivity contribution in [3.63, 3.8) is 0 Å². The van der Waals surface area contributed by atoms with E-state index in [1.807, 2.05) is 0 Å². The number of anilines is 1. The smallest absolute Gasteiger partial charge is 0.367 e. The number of benzene rings is 1. The van der Waals surface area contributed by atoms with Crippen molar-refractivity contribution in [3.05, 3.63) is 41.0 Å². The topological polar surface area (TPSA) is 29.3 Å². The highest BCUT2D eigenvalue weighted by Gasteiger charge is 2.33. The van der Waals surface area contributed by atoms with Crippen molar-refractivity contribution in [1.29, 1.82) is 0 Å². The maximum atomic E-state index is 12.8. The number of nitrogens with two attached hydrogens (primary N) is 1. The maximum Gasteiger partial charge on any atom is 0.416 e. The van der Waals surface area contributed by atoms with E-state index in [1.54, 1.807) is 6.07 Å². The third kappa shape index (κ3) is 3.10. The Morgan fingerprint density at radius 2 is 2.05 bits per heavy atom. The van der Waals surface area contributed by atoms with Crippen LogP contribution in [0, 0.1) is 0 Å². The van der Waals surface area contributed by atoms with E-state index in [0.29, 0.717) is 0 Å². The van der Waals surface area contributed by atoms with Gasteiger partial charge in [-0.15, -0.1) is 0 Å². The van der Waals surface area contributed by atoms with Crippen LogP contribution in [0.15, 0.2) is 29.8 Å². The molecule has 0 aliphatic carbocycles. The van der Waals surface area contributed by atoms with Crippen LogP contribution in [0.5, 0.6) is 0 Å². The molecule has 2 nitrogen and oxygen atoms in total. The van der Waals surface area contributed by atoms with E-state index in [-0.39, 0.29) is 12.1 Å². The average molecular weight is 270 g/mol. The molecule has 0 bridgehead atoms. The molecule has 0 spiro atoms. The van der Waals surface area contributed by atoms with Gasteiger partial charge in [-0.25, -0.2) is 0 Å². The lowest BCUT2D eigenvalue weighted by Crippen LogP contribution is -2.28. The molecule has 2 N–H and O–H groups in total. The van der Waals surface area contributed by atoms with Gasteiger partial charge in [-0.2, -0.15) is 13.2 Å². The zero-order chi connectivity index (χ0) is 14.0. The van der Waals surface area contributed by atoms with Gasteiger partial charge in [-0.05, 0) is 37.1 Å². The summed E-state index contributed by atoms with van der Waals surface area (Å²) in [5, 5.41) is 0. The summed E-state index contributed by atoms with van der Waals surface area (Å²) in [4.78, 5) is 2.06. The van der Waals surface area contributed by atoms with Crippen molar-refractivity contribution in [1.82, 2.24) is 0 Å². The summed E-state index contributed by atoms with van der Waals surface area (Å²) < 4.78 is 38.3. The molecule has 0 radical (unpaired) electrons. The monoisotopic (exact) mass is 270 g/mol. The van der Waals surface area contributed by atoms with E-state index in [4.69, 9.17) is 5.73 Å². The molecule has 1 aliphatic rings. The lowest BCUT2D eigenvalue weighted by Gasteiger charge is -2.28. The van der Waals surface area contributed by atoms with E-state index in [0.717, 1.165) is 31.3 Å². The van der Waals surface area contributed by atoms with Gasteiger partial charge in [0.05, 0.1) is 5.56 Å². The minimum Gasteiger partial charge on any atom is -0.367 e. The minimum atomic E-state index is -4.34. The standard InChI is InChI=1S/C14H17F3N2/c1-10-4-6-19(7-5-10)12-2-3-13(14(15,16)17)11(8-12)9-18/h2-4,8H,5-7,9,18H2,1H3. The number of alkyl halides is 3. The van der Waals surface area contributed by atoms with Crippen LogP contribution in [-0.4, -0.2) is 13.1 Å². The fourth-order valence-corrected chi connectivity index (χ4v) is 2.23. The van der Waals surface area contributed by atoms with Crippen molar-refractivity contribution < 1.29 is 13.2 Å². The van der Waals surface area contributed by atoms with E-state index in [1.165, 1.54) is 11.6 Å². The zero-order valence-corrected chi connectivity index (χ0v) is 10.8. The van der Waals surface area contributed by atoms with Crippen LogP contribution in [0.3, 0.4) is 0 Å². The number of hydrogen-bond acceptors (Lipinski definition) is 2. The summed E-state index contributed by atoms with van der Waals surface area (Å²) in [6.07, 6.45) is -1.30. The van der Waals surface area contributed by atoms with Crippen molar-refractivity contribution >= 4 is 5.69 Å². The molecule has 1 aromatic carbocycles. The lowest BCUT2D eigenvalue weighted by molar-refractivity contribution is -0.138. The van der Waals surface area contributed by atoms with Crippen LogP contribution in [0.25, 0.3) is 0 Å². The highest BCUT2D eigenvalue weighted by Crippen LogP contribution is 2.34. The first-order valence-electron chi connectivity index (χ1n) is 6.22. The fourth-order valence-electron chi connectivity index (χ4n) is 2.23. The van der Waals surface area contributed by atoms with Crippen molar-refractivity contribution in [2.24, 2.45) is 5.73 Å². The molecule has 19 heavy (non-hydrogen) atoms. The second-order valence-electron chi connectivity index (χ2n) is 4.79. The van der Waals surface area contributed by atoms with Crippen molar-refractivity contribution in [2.75, 3.05) is 18.0 Å². The van der Waals surface area contributed by atoms with E-state index in [2.05, 4.69) is 17.9 Å². The van der Waals surface area contributed by atoms with Gasteiger partial charge >= 0.3 is 6.18 Å². The van der Waals surface area contributed by atoms with Crippen LogP contribution < -0.4 is 10.6 Å². The Kier molecular flexibility index (Phi) is 3.85. The summed E-state index contributed by atoms with van der Waals surface area (Å²) in [7, 11) is 0. The van der Waals surface area contributed by atoms with E-state index >= 15 is 0 Å². The average Bonchev–Trinajstić information content (AvgIpc) is 2.38. The molecule has 1 heterocycles. The summed E-state index contributed by atoms with van der Waals surface area (Å²) in [5.74, 6) is 0. The van der Waals surface area contributed by atoms with Crippen LogP contribution in [0.4, 0.5) is 18.9 Å². The van der Waals surface area contributed by atoms with Gasteiger partial charge < -0.3 is 10.6 Å². The molecule has 5 heteroatoms. The molecule has 0 fully saturated rings. The number of halogens is 3. The predicted molar refractivity (Wildman–Crippen MR) is 69.9 cm³/mol. The van der Waals surface area contributed by atoms with Crippen molar-refractivity contribution in [3.8, 4) is 0 Å². The zero-order valence-electron chi connectivity index (χ0n) is 10.8. The first-order valence-corrected chi connectivity index (χ1v) is 6.22. The summed E-state index contributed by atoms with van der Waals surface area (Å²) in [6.45, 7) is 3.53. The summed E-state index contributed by atoms with van der Waals surface area (Å²) in [5.41, 5.74) is 7.07. The Morgan fingerprint density at radius 1 is 1.32 bits per heavy atom. The molecule has 1 aliphatic heterocycles. The highest BCUT2D eigenvalue weighted by atomic mass is 19.4. The molecule has 0 amide bonds. The molecule has 0 saturated heterocycles. The van der Waals surface area contributed by atoms with Gasteiger partial charge in [0.15, 0.2) is 0 Å². The molecular weight excluding hydrogens is 253 g/mol. The molecule has 0 saturated carbocycles. The quantitative estimate of drug-likeness (QED) is 0.835. The molecule has 0 unspecified atom stereocenters. The van der Waals surface area contributed by atoms with Gasteiger partial charge in [0.1, 0.15) is 0 Å². The molecule has 1 aromatic rings. The van der Waals surface area contributed by atoms with Crippen LogP contribution >= 0.6 is 0 Å². The Balaban J connectivity index is 2.30. The Bertz CT molecular complexity index is 492. The number of hydrogen-bond donors (Lipinski definition) is 1. The second kappa shape index (κ2) is 5.25. The second-order valence-corrected chi connectivity index (χ2v) is 4.79. The first kappa shape index (κ1) is 13.9. The normalized spacial score (nSPS) is 16.5. The summed E-state index contributed by atoms with van der Waals surface area (Å²) in [6, 6.07) is 4.20. The third-order valence-electron chi connectivity index (χ3n) is 3.42. The molecule has 0 aromatic heterocycles. The third-order valence-corrected chi connectivity index (χ3v) is 3.42. The number of nitrogens with zero attached hydrogens (tertiary/aromatic N) is 1. The molecule has 104 valence electrons. The van der Waals surface area contributed by atoms with Gasteiger partial charge in [0.25, 0.3) is 0 Å². The van der Waals surface area contributed by atoms with Crippen LogP contribution in [0.1, 0.15) is 24.5 Å². The SMILES string of the molecule is CC1=CCN(c2ccc(C(F)(F)F)c(CN)c2)CC1. The van der Waals surface area contributed by atoms with E-state index < -0.39 is 11.7 Å². The Morgan fingerprint density at radius 3 is 2.58 bits per heavy atom. The molecule has 2 rings (SSSR count). The van der Waals surface area contributed by atoms with Crippen molar-refractivity contribution in [2.45, 2.75) is 26.1 Å². The summed E-state index contributed by atoms with van der Waals surface area (Å²) >= 11 is 0.